The summed E-state index contributed by atoms with van der Waals surface area (Å²) < 4.78 is 5.42. The van der Waals surface area contributed by atoms with Crippen molar-refractivity contribution in [1.29, 1.82) is 0 Å². The highest BCUT2D eigenvalue weighted by Gasteiger charge is 2.17. The Morgan fingerprint density at radius 2 is 2.00 bits per heavy atom. The number of methoxy groups -OCH3 is 1. The van der Waals surface area contributed by atoms with Crippen LogP contribution in [0.4, 0.5) is 0 Å². The zero-order valence-electron chi connectivity index (χ0n) is 10.8. The molecule has 0 fully saturated rings. The van der Waals surface area contributed by atoms with Crippen LogP contribution in [-0.2, 0) is 6.42 Å². The standard InChI is InChI=1S/C15H19NOS/c1-3-16-13(11-12-7-5-4-6-8-12)15-14(17-2)9-10-18-15/h4-10,13,16H,3,11H2,1-2H3. The number of rotatable bonds is 6. The minimum atomic E-state index is 0.326. The summed E-state index contributed by atoms with van der Waals surface area (Å²) in [6.07, 6.45) is 0.992. The number of thiophene rings is 1. The molecule has 2 aromatic rings. The maximum absolute atomic E-state index is 5.42. The third-order valence-corrected chi connectivity index (χ3v) is 3.94. The lowest BCUT2D eigenvalue weighted by Gasteiger charge is -2.18. The van der Waals surface area contributed by atoms with Gasteiger partial charge in [0.1, 0.15) is 5.75 Å². The second kappa shape index (κ2) is 6.57. The summed E-state index contributed by atoms with van der Waals surface area (Å²) >= 11 is 1.75. The quantitative estimate of drug-likeness (QED) is 0.857. The van der Waals surface area contributed by atoms with Gasteiger partial charge >= 0.3 is 0 Å². The normalized spacial score (nSPS) is 12.3. The van der Waals surface area contributed by atoms with E-state index >= 15 is 0 Å². The number of ether oxygens (including phenoxy) is 1. The number of hydrogen-bond donors (Lipinski definition) is 1. The van der Waals surface area contributed by atoms with Crippen molar-refractivity contribution in [3.63, 3.8) is 0 Å². The Morgan fingerprint density at radius 1 is 1.22 bits per heavy atom. The Morgan fingerprint density at radius 3 is 2.67 bits per heavy atom. The number of likely N-dealkylation sites (N-methyl/N-ethyl adjacent to an activating group) is 1. The summed E-state index contributed by atoms with van der Waals surface area (Å²) in [6, 6.07) is 12.9. The van der Waals surface area contributed by atoms with E-state index in [0.717, 1.165) is 18.7 Å². The van der Waals surface area contributed by atoms with Crippen molar-refractivity contribution >= 4 is 11.3 Å². The van der Waals surface area contributed by atoms with Crippen LogP contribution in [0.2, 0.25) is 0 Å². The van der Waals surface area contributed by atoms with Gasteiger partial charge in [0, 0.05) is 6.04 Å². The van der Waals surface area contributed by atoms with Crippen LogP contribution >= 0.6 is 11.3 Å². The van der Waals surface area contributed by atoms with Crippen molar-refractivity contribution in [1.82, 2.24) is 5.32 Å². The van der Waals surface area contributed by atoms with Gasteiger partial charge in [-0.15, -0.1) is 11.3 Å². The highest BCUT2D eigenvalue weighted by Crippen LogP contribution is 2.32. The molecule has 0 radical (unpaired) electrons. The minimum Gasteiger partial charge on any atom is -0.496 e. The first kappa shape index (κ1) is 13.1. The van der Waals surface area contributed by atoms with Gasteiger partial charge in [-0.3, -0.25) is 0 Å². The molecule has 0 saturated heterocycles. The van der Waals surface area contributed by atoms with Crippen molar-refractivity contribution in [2.45, 2.75) is 19.4 Å². The second-order valence-electron chi connectivity index (χ2n) is 4.15. The van der Waals surface area contributed by atoms with Crippen molar-refractivity contribution in [3.8, 4) is 5.75 Å². The Kier molecular flexibility index (Phi) is 4.79. The summed E-state index contributed by atoms with van der Waals surface area (Å²) in [5.41, 5.74) is 1.35. The van der Waals surface area contributed by atoms with E-state index in [4.69, 9.17) is 4.74 Å². The van der Waals surface area contributed by atoms with E-state index in [1.807, 2.05) is 6.07 Å². The summed E-state index contributed by atoms with van der Waals surface area (Å²) in [5.74, 6) is 0.988. The highest BCUT2D eigenvalue weighted by atomic mass is 32.1. The van der Waals surface area contributed by atoms with E-state index in [1.165, 1.54) is 10.4 Å². The Labute approximate surface area is 113 Å². The van der Waals surface area contributed by atoms with E-state index in [9.17, 15) is 0 Å². The molecule has 1 unspecified atom stereocenters. The third kappa shape index (κ3) is 3.12. The fraction of sp³-hybridized carbons (Fsp3) is 0.333. The molecule has 1 N–H and O–H groups in total. The second-order valence-corrected chi connectivity index (χ2v) is 5.10. The zero-order valence-corrected chi connectivity index (χ0v) is 11.7. The average molecular weight is 261 g/mol. The number of benzene rings is 1. The molecule has 2 rings (SSSR count). The van der Waals surface area contributed by atoms with Gasteiger partial charge in [-0.05, 0) is 30.0 Å². The molecule has 2 nitrogen and oxygen atoms in total. The predicted molar refractivity (Wildman–Crippen MR) is 77.4 cm³/mol. The van der Waals surface area contributed by atoms with Crippen LogP contribution in [0.15, 0.2) is 41.8 Å². The molecule has 0 amide bonds. The van der Waals surface area contributed by atoms with E-state index < -0.39 is 0 Å². The molecule has 0 bridgehead atoms. The molecule has 0 spiro atoms. The van der Waals surface area contributed by atoms with E-state index in [0.29, 0.717) is 6.04 Å². The van der Waals surface area contributed by atoms with E-state index in [1.54, 1.807) is 18.4 Å². The predicted octanol–water partition coefficient (Wildman–Crippen LogP) is 3.65. The fourth-order valence-electron chi connectivity index (χ4n) is 2.09. The monoisotopic (exact) mass is 261 g/mol. The van der Waals surface area contributed by atoms with E-state index in [2.05, 4.69) is 48.0 Å². The summed E-state index contributed by atoms with van der Waals surface area (Å²) in [4.78, 5) is 1.28. The molecule has 1 aromatic heterocycles. The molecule has 1 aromatic carbocycles. The lowest BCUT2D eigenvalue weighted by Crippen LogP contribution is -2.22. The molecule has 0 saturated carbocycles. The van der Waals surface area contributed by atoms with Gasteiger partial charge in [-0.1, -0.05) is 37.3 Å². The first-order valence-corrected chi connectivity index (χ1v) is 7.11. The SMILES string of the molecule is CCNC(Cc1ccccc1)c1sccc1OC. The zero-order chi connectivity index (χ0) is 12.8. The van der Waals surface area contributed by atoms with Crippen LogP contribution < -0.4 is 10.1 Å². The molecule has 0 aliphatic carbocycles. The van der Waals surface area contributed by atoms with Gasteiger partial charge in [0.15, 0.2) is 0 Å². The Balaban J connectivity index is 2.18. The highest BCUT2D eigenvalue weighted by molar-refractivity contribution is 7.10. The van der Waals surface area contributed by atoms with Gasteiger partial charge in [0.2, 0.25) is 0 Å². The summed E-state index contributed by atoms with van der Waals surface area (Å²) in [7, 11) is 1.73. The van der Waals surface area contributed by atoms with Gasteiger partial charge in [-0.2, -0.15) is 0 Å². The molecule has 96 valence electrons. The van der Waals surface area contributed by atoms with Crippen LogP contribution in [0.5, 0.6) is 5.75 Å². The van der Waals surface area contributed by atoms with Crippen LogP contribution in [0.1, 0.15) is 23.4 Å². The van der Waals surface area contributed by atoms with Gasteiger partial charge < -0.3 is 10.1 Å². The van der Waals surface area contributed by atoms with Crippen LogP contribution in [0.3, 0.4) is 0 Å². The van der Waals surface area contributed by atoms with Gasteiger partial charge in [0.05, 0.1) is 12.0 Å². The first-order valence-electron chi connectivity index (χ1n) is 6.23. The first-order chi connectivity index (χ1) is 8.85. The Bertz CT molecular complexity index is 466. The third-order valence-electron chi connectivity index (χ3n) is 2.93. The maximum atomic E-state index is 5.42. The minimum absolute atomic E-state index is 0.326. The van der Waals surface area contributed by atoms with Crippen molar-refractivity contribution in [2.24, 2.45) is 0 Å². The molecule has 0 aliphatic rings. The number of nitrogens with one attached hydrogen (secondary N) is 1. The summed E-state index contributed by atoms with van der Waals surface area (Å²) in [5, 5.41) is 5.63. The van der Waals surface area contributed by atoms with Crippen molar-refractivity contribution in [2.75, 3.05) is 13.7 Å². The molecule has 1 heterocycles. The molecule has 18 heavy (non-hydrogen) atoms. The van der Waals surface area contributed by atoms with Gasteiger partial charge in [-0.25, -0.2) is 0 Å². The maximum Gasteiger partial charge on any atom is 0.134 e. The lowest BCUT2D eigenvalue weighted by atomic mass is 10.0. The molecular weight excluding hydrogens is 242 g/mol. The van der Waals surface area contributed by atoms with Crippen molar-refractivity contribution in [3.05, 3.63) is 52.2 Å². The van der Waals surface area contributed by atoms with E-state index in [-0.39, 0.29) is 0 Å². The van der Waals surface area contributed by atoms with Crippen LogP contribution in [-0.4, -0.2) is 13.7 Å². The summed E-state index contributed by atoms with van der Waals surface area (Å²) in [6.45, 7) is 3.09. The fourth-order valence-corrected chi connectivity index (χ4v) is 3.02. The van der Waals surface area contributed by atoms with Gasteiger partial charge in [0.25, 0.3) is 0 Å². The largest absolute Gasteiger partial charge is 0.496 e. The van der Waals surface area contributed by atoms with Crippen LogP contribution in [0, 0.1) is 0 Å². The average Bonchev–Trinajstić information content (AvgIpc) is 2.87. The lowest BCUT2D eigenvalue weighted by molar-refractivity contribution is 0.403. The topological polar surface area (TPSA) is 21.3 Å². The van der Waals surface area contributed by atoms with Crippen molar-refractivity contribution < 1.29 is 4.74 Å². The molecule has 3 heteroatoms. The van der Waals surface area contributed by atoms with Crippen LogP contribution in [0.25, 0.3) is 0 Å². The molecular formula is C15H19NOS. The smallest absolute Gasteiger partial charge is 0.134 e. The Hall–Kier alpha value is -1.32. The molecule has 0 aliphatic heterocycles. The number of hydrogen-bond acceptors (Lipinski definition) is 3. The molecule has 1 atom stereocenters.